The maximum Gasteiger partial charge on any atom is 0.275 e. The molecule has 0 aliphatic rings. The molecule has 2 aromatic heterocycles. The van der Waals surface area contributed by atoms with Crippen LogP contribution in [-0.2, 0) is 12.8 Å². The summed E-state index contributed by atoms with van der Waals surface area (Å²) in [6.07, 6.45) is 3.38. The molecule has 0 saturated heterocycles. The van der Waals surface area contributed by atoms with E-state index in [-0.39, 0.29) is 5.56 Å². The fourth-order valence-corrected chi connectivity index (χ4v) is 2.23. The zero-order valence-electron chi connectivity index (χ0n) is 10.7. The van der Waals surface area contributed by atoms with Crippen LogP contribution < -0.4 is 5.56 Å². The number of benzene rings is 1. The second-order valence-corrected chi connectivity index (χ2v) is 4.57. The summed E-state index contributed by atoms with van der Waals surface area (Å²) in [4.78, 5) is 22.2. The second-order valence-electron chi connectivity index (χ2n) is 4.57. The molecule has 0 saturated carbocycles. The number of aromatic amines is 2. The van der Waals surface area contributed by atoms with Crippen LogP contribution in [0.2, 0.25) is 0 Å². The molecule has 3 aromatic rings. The van der Waals surface area contributed by atoms with Crippen molar-refractivity contribution in [1.82, 2.24) is 15.0 Å². The molecular weight excluding hydrogens is 238 g/mol. The Bertz CT molecular complexity index is 756. The summed E-state index contributed by atoms with van der Waals surface area (Å²) in [6.45, 7) is 1.98. The first-order chi connectivity index (χ1) is 9.28. The van der Waals surface area contributed by atoms with Gasteiger partial charge in [-0.1, -0.05) is 37.3 Å². The Kier molecular flexibility index (Phi) is 2.91. The lowest BCUT2D eigenvalue weighted by Crippen LogP contribution is -2.11. The average molecular weight is 253 g/mol. The summed E-state index contributed by atoms with van der Waals surface area (Å²) in [5.74, 6) is 0.728. The zero-order chi connectivity index (χ0) is 13.2. The van der Waals surface area contributed by atoms with E-state index in [1.165, 1.54) is 5.56 Å². The third-order valence-corrected chi connectivity index (χ3v) is 3.24. The Morgan fingerprint density at radius 1 is 1.21 bits per heavy atom. The van der Waals surface area contributed by atoms with E-state index >= 15 is 0 Å². The number of aryl methyl sites for hydroxylation is 1. The molecule has 2 N–H and O–H groups in total. The van der Waals surface area contributed by atoms with Crippen molar-refractivity contribution in [2.75, 3.05) is 0 Å². The van der Waals surface area contributed by atoms with Crippen molar-refractivity contribution in [3.05, 3.63) is 63.8 Å². The zero-order valence-corrected chi connectivity index (χ0v) is 10.7. The van der Waals surface area contributed by atoms with Crippen molar-refractivity contribution < 1.29 is 0 Å². The molecule has 0 aliphatic carbocycles. The van der Waals surface area contributed by atoms with Crippen molar-refractivity contribution in [2.45, 2.75) is 19.8 Å². The third-order valence-electron chi connectivity index (χ3n) is 3.24. The smallest absolute Gasteiger partial charge is 0.275 e. The Hall–Kier alpha value is -2.36. The van der Waals surface area contributed by atoms with Crippen molar-refractivity contribution >= 4 is 11.0 Å². The fraction of sp³-hybridized carbons (Fsp3) is 0.200. The molecule has 4 nitrogen and oxygen atoms in total. The van der Waals surface area contributed by atoms with Gasteiger partial charge in [-0.2, -0.15) is 0 Å². The van der Waals surface area contributed by atoms with Crippen LogP contribution in [0.15, 0.2) is 41.3 Å². The van der Waals surface area contributed by atoms with Gasteiger partial charge in [-0.25, -0.2) is 4.98 Å². The molecule has 1 aromatic carbocycles. The van der Waals surface area contributed by atoms with Crippen molar-refractivity contribution in [1.29, 1.82) is 0 Å². The van der Waals surface area contributed by atoms with Crippen LogP contribution in [0.1, 0.15) is 23.9 Å². The van der Waals surface area contributed by atoms with E-state index in [2.05, 4.69) is 27.1 Å². The van der Waals surface area contributed by atoms with Crippen LogP contribution >= 0.6 is 0 Å². The van der Waals surface area contributed by atoms with Crippen LogP contribution in [0.25, 0.3) is 11.0 Å². The fourth-order valence-electron chi connectivity index (χ4n) is 2.23. The molecule has 0 amide bonds. The number of nitrogens with one attached hydrogen (secondary N) is 2. The van der Waals surface area contributed by atoms with Gasteiger partial charge in [0.15, 0.2) is 0 Å². The lowest BCUT2D eigenvalue weighted by molar-refractivity contribution is 0.941. The van der Waals surface area contributed by atoms with Gasteiger partial charge in [-0.15, -0.1) is 0 Å². The molecule has 19 heavy (non-hydrogen) atoms. The minimum absolute atomic E-state index is 0.0961. The largest absolute Gasteiger partial charge is 0.355 e. The van der Waals surface area contributed by atoms with E-state index in [0.717, 1.165) is 29.7 Å². The molecule has 96 valence electrons. The van der Waals surface area contributed by atoms with E-state index in [0.29, 0.717) is 5.52 Å². The Balaban J connectivity index is 2.10. The summed E-state index contributed by atoms with van der Waals surface area (Å²) in [7, 11) is 0. The van der Waals surface area contributed by atoms with E-state index in [1.54, 1.807) is 0 Å². The van der Waals surface area contributed by atoms with Gasteiger partial charge in [0.1, 0.15) is 11.3 Å². The lowest BCUT2D eigenvalue weighted by atomic mass is 10.1. The number of hydrogen-bond acceptors (Lipinski definition) is 2. The summed E-state index contributed by atoms with van der Waals surface area (Å²) < 4.78 is 0. The van der Waals surface area contributed by atoms with Gasteiger partial charge >= 0.3 is 0 Å². The summed E-state index contributed by atoms with van der Waals surface area (Å²) in [5.41, 5.74) is 3.51. The molecule has 0 atom stereocenters. The number of fused-ring (bicyclic) bond motifs is 1. The number of hydrogen-bond donors (Lipinski definition) is 2. The Labute approximate surface area is 110 Å². The highest BCUT2D eigenvalue weighted by atomic mass is 16.1. The molecule has 3 rings (SSSR count). The minimum Gasteiger partial charge on any atom is -0.355 e. The van der Waals surface area contributed by atoms with Crippen LogP contribution in [0.4, 0.5) is 0 Å². The maximum atomic E-state index is 11.9. The summed E-state index contributed by atoms with van der Waals surface area (Å²) >= 11 is 0. The number of H-pyrrole nitrogens is 2. The Morgan fingerprint density at radius 3 is 2.74 bits per heavy atom. The van der Waals surface area contributed by atoms with Gasteiger partial charge in [0.2, 0.25) is 0 Å². The predicted molar refractivity (Wildman–Crippen MR) is 75.3 cm³/mol. The molecule has 0 radical (unpaired) electrons. The quantitative estimate of drug-likeness (QED) is 0.753. The number of aromatic nitrogens is 3. The number of nitrogens with zero attached hydrogens (tertiary/aromatic N) is 1. The average Bonchev–Trinajstić information content (AvgIpc) is 2.83. The molecule has 0 spiro atoms. The molecule has 0 bridgehead atoms. The van der Waals surface area contributed by atoms with E-state index in [4.69, 9.17) is 0 Å². The SMILES string of the molecule is CCc1nc2c(Cc3ccccc3)c[nH]c2c(=O)[nH]1. The van der Waals surface area contributed by atoms with Crippen LogP contribution in [0, 0.1) is 0 Å². The normalized spacial score (nSPS) is 11.0. The van der Waals surface area contributed by atoms with Crippen LogP contribution in [-0.4, -0.2) is 15.0 Å². The third kappa shape index (κ3) is 2.17. The molecule has 2 heterocycles. The monoisotopic (exact) mass is 253 g/mol. The first-order valence-electron chi connectivity index (χ1n) is 6.41. The standard InChI is InChI=1S/C15H15N3O/c1-2-12-17-13-11(8-10-6-4-3-5-7-10)9-16-14(13)15(19)18-12/h3-7,9,16H,2,8H2,1H3,(H,17,18,19). The summed E-state index contributed by atoms with van der Waals surface area (Å²) in [6, 6.07) is 10.2. The van der Waals surface area contributed by atoms with Crippen molar-refractivity contribution in [3.63, 3.8) is 0 Å². The molecule has 4 heteroatoms. The first kappa shape index (κ1) is 11.7. The molecule has 0 aliphatic heterocycles. The summed E-state index contributed by atoms with van der Waals surface area (Å²) in [5, 5.41) is 0. The predicted octanol–water partition coefficient (Wildman–Crippen LogP) is 2.40. The van der Waals surface area contributed by atoms with Gasteiger partial charge in [0, 0.05) is 24.6 Å². The Morgan fingerprint density at radius 2 is 2.00 bits per heavy atom. The maximum absolute atomic E-state index is 11.9. The topological polar surface area (TPSA) is 61.5 Å². The van der Waals surface area contributed by atoms with E-state index in [9.17, 15) is 4.79 Å². The van der Waals surface area contributed by atoms with Crippen LogP contribution in [0.5, 0.6) is 0 Å². The molecule has 0 unspecified atom stereocenters. The first-order valence-corrected chi connectivity index (χ1v) is 6.41. The van der Waals surface area contributed by atoms with Crippen LogP contribution in [0.3, 0.4) is 0 Å². The van der Waals surface area contributed by atoms with E-state index in [1.807, 2.05) is 31.3 Å². The minimum atomic E-state index is -0.0961. The second kappa shape index (κ2) is 4.72. The van der Waals surface area contributed by atoms with Gasteiger partial charge < -0.3 is 9.97 Å². The number of rotatable bonds is 3. The highest BCUT2D eigenvalue weighted by molar-refractivity contribution is 5.78. The van der Waals surface area contributed by atoms with Crippen molar-refractivity contribution in [2.24, 2.45) is 0 Å². The van der Waals surface area contributed by atoms with Gasteiger partial charge in [0.25, 0.3) is 5.56 Å². The van der Waals surface area contributed by atoms with E-state index < -0.39 is 0 Å². The van der Waals surface area contributed by atoms with Gasteiger partial charge in [-0.05, 0) is 5.56 Å². The molecule has 0 fully saturated rings. The van der Waals surface area contributed by atoms with Gasteiger partial charge in [0.05, 0.1) is 5.52 Å². The van der Waals surface area contributed by atoms with Crippen molar-refractivity contribution in [3.8, 4) is 0 Å². The highest BCUT2D eigenvalue weighted by Gasteiger charge is 2.10. The molecular formula is C15H15N3O. The highest BCUT2D eigenvalue weighted by Crippen LogP contribution is 2.16. The van der Waals surface area contributed by atoms with Gasteiger partial charge in [-0.3, -0.25) is 4.79 Å². The lowest BCUT2D eigenvalue weighted by Gasteiger charge is -2.01.